The number of esters is 1. The van der Waals surface area contributed by atoms with Crippen LogP contribution in [0.2, 0.25) is 0 Å². The normalized spacial score (nSPS) is 12.8. The van der Waals surface area contributed by atoms with Gasteiger partial charge in [-0.05, 0) is 51.4 Å². The van der Waals surface area contributed by atoms with Crippen LogP contribution in [0.5, 0.6) is 0 Å². The maximum atomic E-state index is 12.5. The van der Waals surface area contributed by atoms with E-state index in [9.17, 15) is 19.8 Å². The lowest BCUT2D eigenvalue weighted by Crippen LogP contribution is -2.45. The highest BCUT2D eigenvalue weighted by atomic mass is 16.5. The fraction of sp³-hybridized carbons (Fsp3) is 0.877. The van der Waals surface area contributed by atoms with Crippen molar-refractivity contribution in [2.24, 2.45) is 0 Å². The summed E-state index contributed by atoms with van der Waals surface area (Å²) < 4.78 is 5.40. The Morgan fingerprint density at radius 2 is 0.704 bits per heavy atom. The number of allylic oxidation sites excluding steroid dienone is 4. The van der Waals surface area contributed by atoms with Crippen LogP contribution in [0, 0.1) is 0 Å². The molecule has 0 saturated carbocycles. The number of amides is 1. The Hall–Kier alpha value is -1.92. The van der Waals surface area contributed by atoms with Crippen molar-refractivity contribution in [1.82, 2.24) is 5.32 Å². The van der Waals surface area contributed by atoms with Crippen molar-refractivity contribution in [2.75, 3.05) is 13.2 Å². The van der Waals surface area contributed by atoms with E-state index in [0.29, 0.717) is 19.4 Å². The number of unbranched alkanes of at least 4 members (excludes halogenated alkanes) is 44. The molecule has 0 aliphatic carbocycles. The van der Waals surface area contributed by atoms with Crippen molar-refractivity contribution in [2.45, 2.75) is 353 Å². The first-order chi connectivity index (χ1) is 35.0. The molecule has 6 heteroatoms. The molecular formula is C65H123NO5. The van der Waals surface area contributed by atoms with Gasteiger partial charge in [-0.1, -0.05) is 314 Å². The second kappa shape index (κ2) is 60.6. The molecule has 0 aromatic carbocycles. The maximum absolute atomic E-state index is 12.5. The van der Waals surface area contributed by atoms with Crippen molar-refractivity contribution >= 4 is 11.9 Å². The molecule has 6 nitrogen and oxygen atoms in total. The molecule has 418 valence electrons. The van der Waals surface area contributed by atoms with Crippen LogP contribution in [0.15, 0.2) is 36.5 Å². The van der Waals surface area contributed by atoms with Gasteiger partial charge in [0.15, 0.2) is 0 Å². The molecule has 3 N–H and O–H groups in total. The summed E-state index contributed by atoms with van der Waals surface area (Å²) in [6.07, 6.45) is 76.3. The Morgan fingerprint density at radius 1 is 0.394 bits per heavy atom. The molecule has 0 bridgehead atoms. The van der Waals surface area contributed by atoms with Crippen LogP contribution >= 0.6 is 0 Å². The van der Waals surface area contributed by atoms with Gasteiger partial charge in [0.05, 0.1) is 25.4 Å². The van der Waals surface area contributed by atoms with E-state index in [2.05, 4.69) is 43.5 Å². The quantitative estimate of drug-likeness (QED) is 0.0321. The van der Waals surface area contributed by atoms with E-state index in [-0.39, 0.29) is 18.5 Å². The third kappa shape index (κ3) is 57.2. The number of ether oxygens (including phenoxy) is 1. The summed E-state index contributed by atoms with van der Waals surface area (Å²) in [5.74, 6) is -0.106. The molecule has 0 aromatic rings. The highest BCUT2D eigenvalue weighted by Gasteiger charge is 2.18. The zero-order chi connectivity index (χ0) is 51.4. The average molecular weight is 999 g/mol. The van der Waals surface area contributed by atoms with Gasteiger partial charge in [-0.15, -0.1) is 0 Å². The molecule has 1 amide bonds. The summed E-state index contributed by atoms with van der Waals surface area (Å²) in [5, 5.41) is 23.2. The lowest BCUT2D eigenvalue weighted by Gasteiger charge is -2.20. The summed E-state index contributed by atoms with van der Waals surface area (Å²) in [6.45, 7) is 4.81. The van der Waals surface area contributed by atoms with E-state index in [1.807, 2.05) is 6.08 Å². The predicted molar refractivity (Wildman–Crippen MR) is 310 cm³/mol. The molecule has 0 rings (SSSR count). The second-order valence-electron chi connectivity index (χ2n) is 21.7. The van der Waals surface area contributed by atoms with E-state index in [4.69, 9.17) is 4.74 Å². The number of aliphatic hydroxyl groups excluding tert-OH is 2. The molecule has 0 aliphatic rings. The van der Waals surface area contributed by atoms with E-state index >= 15 is 0 Å². The Bertz CT molecular complexity index is 1150. The Kier molecular flexibility index (Phi) is 59.0. The molecule has 71 heavy (non-hydrogen) atoms. The van der Waals surface area contributed by atoms with E-state index in [1.165, 1.54) is 263 Å². The minimum Gasteiger partial charge on any atom is -0.465 e. The molecule has 0 saturated heterocycles. The van der Waals surface area contributed by atoms with Crippen LogP contribution in [0.1, 0.15) is 341 Å². The van der Waals surface area contributed by atoms with Gasteiger partial charge in [0.1, 0.15) is 0 Å². The van der Waals surface area contributed by atoms with Crippen LogP contribution in [0.4, 0.5) is 0 Å². The van der Waals surface area contributed by atoms with Crippen molar-refractivity contribution in [3.63, 3.8) is 0 Å². The number of carbonyl (C=O) groups excluding carboxylic acids is 2. The van der Waals surface area contributed by atoms with Crippen molar-refractivity contribution < 1.29 is 24.5 Å². The van der Waals surface area contributed by atoms with Gasteiger partial charge >= 0.3 is 5.97 Å². The summed E-state index contributed by atoms with van der Waals surface area (Å²) >= 11 is 0. The Balaban J connectivity index is 3.48. The Labute approximate surface area is 443 Å². The van der Waals surface area contributed by atoms with Crippen LogP contribution < -0.4 is 5.32 Å². The van der Waals surface area contributed by atoms with Crippen molar-refractivity contribution in [3.8, 4) is 0 Å². The van der Waals surface area contributed by atoms with Crippen molar-refractivity contribution in [3.05, 3.63) is 36.5 Å². The van der Waals surface area contributed by atoms with Gasteiger partial charge in [0.25, 0.3) is 0 Å². The minimum absolute atomic E-state index is 0.0359. The van der Waals surface area contributed by atoms with Gasteiger partial charge < -0.3 is 20.3 Å². The third-order valence-electron chi connectivity index (χ3n) is 14.7. The summed E-state index contributed by atoms with van der Waals surface area (Å²) in [6, 6.07) is -0.633. The van der Waals surface area contributed by atoms with Gasteiger partial charge in [-0.3, -0.25) is 9.59 Å². The van der Waals surface area contributed by atoms with Gasteiger partial charge in [0.2, 0.25) is 5.91 Å². The molecule has 0 spiro atoms. The van der Waals surface area contributed by atoms with Gasteiger partial charge in [0, 0.05) is 12.8 Å². The average Bonchev–Trinajstić information content (AvgIpc) is 3.37. The van der Waals surface area contributed by atoms with Crippen LogP contribution in [-0.2, 0) is 14.3 Å². The zero-order valence-corrected chi connectivity index (χ0v) is 47.7. The lowest BCUT2D eigenvalue weighted by molar-refractivity contribution is -0.143. The topological polar surface area (TPSA) is 95.9 Å². The number of aliphatic hydroxyl groups is 2. The van der Waals surface area contributed by atoms with E-state index in [0.717, 1.165) is 51.4 Å². The summed E-state index contributed by atoms with van der Waals surface area (Å²) in [5.41, 5.74) is 0. The van der Waals surface area contributed by atoms with Gasteiger partial charge in [-0.25, -0.2) is 0 Å². The second-order valence-corrected chi connectivity index (χ2v) is 21.7. The maximum Gasteiger partial charge on any atom is 0.305 e. The number of rotatable bonds is 59. The molecule has 2 atom stereocenters. The first kappa shape index (κ1) is 69.1. The predicted octanol–water partition coefficient (Wildman–Crippen LogP) is 20.0. The molecular weight excluding hydrogens is 875 g/mol. The first-order valence-corrected chi connectivity index (χ1v) is 31.8. The monoisotopic (exact) mass is 998 g/mol. The largest absolute Gasteiger partial charge is 0.465 e. The standard InChI is InChI=1S/C65H123NO5/c1-3-5-7-9-11-13-15-16-17-18-19-20-22-25-28-31-34-38-41-45-49-53-57-63(68)62(61-67)66-64(69)58-54-50-46-42-39-35-32-29-26-23-21-24-27-30-33-36-40-44-48-52-56-60-71-65(70)59-55-51-47-43-37-14-12-10-8-6-4-2/h36,40,48,52-53,57,62-63,67-68H,3-35,37-39,41-47,49-51,54-56,58-61H2,1-2H3,(H,66,69)/b40-36-,52-48-,57-53+. The molecule has 0 aliphatic heterocycles. The molecule has 0 heterocycles. The molecule has 0 radical (unpaired) electrons. The number of hydrogen-bond donors (Lipinski definition) is 3. The smallest absolute Gasteiger partial charge is 0.305 e. The van der Waals surface area contributed by atoms with Gasteiger partial charge in [-0.2, -0.15) is 0 Å². The van der Waals surface area contributed by atoms with Crippen molar-refractivity contribution in [1.29, 1.82) is 0 Å². The number of hydrogen-bond acceptors (Lipinski definition) is 5. The van der Waals surface area contributed by atoms with E-state index < -0.39 is 12.1 Å². The molecule has 2 unspecified atom stereocenters. The fourth-order valence-electron chi connectivity index (χ4n) is 9.83. The van der Waals surface area contributed by atoms with E-state index in [1.54, 1.807) is 6.08 Å². The Morgan fingerprint density at radius 3 is 1.07 bits per heavy atom. The third-order valence-corrected chi connectivity index (χ3v) is 14.7. The first-order valence-electron chi connectivity index (χ1n) is 31.8. The highest BCUT2D eigenvalue weighted by Crippen LogP contribution is 2.18. The molecule has 0 fully saturated rings. The fourth-order valence-corrected chi connectivity index (χ4v) is 9.83. The van der Waals surface area contributed by atoms with Crippen LogP contribution in [0.25, 0.3) is 0 Å². The lowest BCUT2D eigenvalue weighted by atomic mass is 10.0. The van der Waals surface area contributed by atoms with Crippen LogP contribution in [0.3, 0.4) is 0 Å². The minimum atomic E-state index is -0.849. The molecule has 0 aromatic heterocycles. The summed E-state index contributed by atoms with van der Waals surface area (Å²) in [4.78, 5) is 24.5. The zero-order valence-electron chi connectivity index (χ0n) is 47.7. The number of carbonyl (C=O) groups is 2. The van der Waals surface area contributed by atoms with Crippen LogP contribution in [-0.4, -0.2) is 47.4 Å². The number of nitrogens with one attached hydrogen (secondary N) is 1. The SMILES string of the molecule is CCCCCCCCCCCCCCCCCCCCCC/C=C/C(O)C(CO)NC(=O)CCCCCCCCCCCCCCCC/C=C\C/C=C\CCOC(=O)CCCCCCCCCCCCC. The highest BCUT2D eigenvalue weighted by molar-refractivity contribution is 5.76. The summed E-state index contributed by atoms with van der Waals surface area (Å²) in [7, 11) is 0.